The quantitative estimate of drug-likeness (QED) is 0.0672. The number of carbonyl (C=O) groups excluding carboxylic acids is 3. The summed E-state index contributed by atoms with van der Waals surface area (Å²) in [6, 6.07) is 20.4. The van der Waals surface area contributed by atoms with Crippen molar-refractivity contribution >= 4 is 58.6 Å². The molecule has 0 aliphatic carbocycles. The van der Waals surface area contributed by atoms with Gasteiger partial charge in [-0.05, 0) is 79.2 Å². The van der Waals surface area contributed by atoms with E-state index in [2.05, 4.69) is 15.8 Å². The fourth-order valence-electron chi connectivity index (χ4n) is 3.67. The zero-order chi connectivity index (χ0) is 30.9. The Bertz CT molecular complexity index is 1730. The number of carbonyl (C=O) groups is 3. The van der Waals surface area contributed by atoms with Crippen molar-refractivity contribution in [3.8, 4) is 11.5 Å². The van der Waals surface area contributed by atoms with Gasteiger partial charge in [-0.25, -0.2) is 10.2 Å². The number of nitro benzene ring substituents is 1. The molecule has 43 heavy (non-hydrogen) atoms. The molecule has 2 N–H and O–H groups in total. The molecule has 13 heteroatoms. The van der Waals surface area contributed by atoms with Gasteiger partial charge in [0.15, 0.2) is 11.5 Å². The fourth-order valence-corrected chi connectivity index (χ4v) is 4.16. The van der Waals surface area contributed by atoms with Crippen LogP contribution >= 0.6 is 23.2 Å². The van der Waals surface area contributed by atoms with Crippen LogP contribution in [0.3, 0.4) is 0 Å². The number of benzene rings is 4. The van der Waals surface area contributed by atoms with Crippen LogP contribution in [0.5, 0.6) is 11.5 Å². The van der Waals surface area contributed by atoms with Crippen molar-refractivity contribution < 1.29 is 28.8 Å². The zero-order valence-electron chi connectivity index (χ0n) is 22.4. The molecule has 218 valence electrons. The van der Waals surface area contributed by atoms with Gasteiger partial charge in [-0.15, -0.1) is 0 Å². The number of hydrogen-bond acceptors (Lipinski definition) is 8. The number of halogens is 2. The highest BCUT2D eigenvalue weighted by molar-refractivity contribution is 6.36. The highest BCUT2D eigenvalue weighted by Crippen LogP contribution is 2.30. The summed E-state index contributed by atoms with van der Waals surface area (Å²) >= 11 is 12.0. The first-order chi connectivity index (χ1) is 20.6. The lowest BCUT2D eigenvalue weighted by Crippen LogP contribution is -2.18. The van der Waals surface area contributed by atoms with Gasteiger partial charge < -0.3 is 14.8 Å². The van der Waals surface area contributed by atoms with E-state index in [0.717, 1.165) is 0 Å². The minimum atomic E-state index is -0.692. The minimum absolute atomic E-state index is 0.135. The van der Waals surface area contributed by atoms with Crippen molar-refractivity contribution in [2.45, 2.75) is 6.92 Å². The Hall–Kier alpha value is -5.26. The Morgan fingerprint density at radius 2 is 1.67 bits per heavy atom. The number of nitrogens with zero attached hydrogens (tertiary/aromatic N) is 2. The summed E-state index contributed by atoms with van der Waals surface area (Å²) in [4.78, 5) is 48.1. The van der Waals surface area contributed by atoms with E-state index in [-0.39, 0.29) is 38.9 Å². The third-order valence-corrected chi connectivity index (χ3v) is 6.27. The number of esters is 1. The Morgan fingerprint density at radius 1 is 0.907 bits per heavy atom. The van der Waals surface area contributed by atoms with Gasteiger partial charge in [0.25, 0.3) is 17.5 Å². The normalized spacial score (nSPS) is 10.7. The molecule has 0 aliphatic rings. The largest absolute Gasteiger partial charge is 0.490 e. The summed E-state index contributed by atoms with van der Waals surface area (Å²) in [5.41, 5.74) is 3.72. The monoisotopic (exact) mass is 620 g/mol. The molecule has 0 saturated heterocycles. The molecule has 4 aromatic carbocycles. The van der Waals surface area contributed by atoms with Gasteiger partial charge in [0.1, 0.15) is 0 Å². The summed E-state index contributed by atoms with van der Waals surface area (Å²) in [6.45, 7) is 2.06. The molecular weight excluding hydrogens is 599 g/mol. The molecule has 0 spiro atoms. The number of ether oxygens (including phenoxy) is 2. The number of hydrogen-bond donors (Lipinski definition) is 2. The van der Waals surface area contributed by atoms with Gasteiger partial charge in [-0.1, -0.05) is 29.3 Å². The van der Waals surface area contributed by atoms with Crippen LogP contribution < -0.4 is 20.2 Å². The van der Waals surface area contributed by atoms with Gasteiger partial charge in [0, 0.05) is 34.0 Å². The Kier molecular flexibility index (Phi) is 10.0. The predicted molar refractivity (Wildman–Crippen MR) is 162 cm³/mol. The topological polar surface area (TPSA) is 149 Å². The number of amides is 2. The molecule has 0 heterocycles. The van der Waals surface area contributed by atoms with Crippen molar-refractivity contribution in [2.75, 3.05) is 11.9 Å². The lowest BCUT2D eigenvalue weighted by Gasteiger charge is -2.12. The van der Waals surface area contributed by atoms with Crippen molar-refractivity contribution in [3.05, 3.63) is 127 Å². The van der Waals surface area contributed by atoms with Crippen molar-refractivity contribution in [2.24, 2.45) is 5.10 Å². The van der Waals surface area contributed by atoms with Crippen molar-refractivity contribution in [1.29, 1.82) is 0 Å². The smallest absolute Gasteiger partial charge is 0.345 e. The van der Waals surface area contributed by atoms with Crippen LogP contribution in [-0.2, 0) is 0 Å². The first kappa shape index (κ1) is 30.7. The molecule has 4 rings (SSSR count). The highest BCUT2D eigenvalue weighted by atomic mass is 35.5. The molecule has 0 unspecified atom stereocenters. The van der Waals surface area contributed by atoms with Gasteiger partial charge in [-0.2, -0.15) is 5.10 Å². The maximum absolute atomic E-state index is 12.7. The lowest BCUT2D eigenvalue weighted by atomic mass is 10.1. The van der Waals surface area contributed by atoms with E-state index in [0.29, 0.717) is 22.9 Å². The summed E-state index contributed by atoms with van der Waals surface area (Å²) < 4.78 is 11.1. The van der Waals surface area contributed by atoms with Crippen LogP contribution in [-0.4, -0.2) is 35.5 Å². The number of nitro groups is 1. The third-order valence-electron chi connectivity index (χ3n) is 5.72. The maximum atomic E-state index is 12.7. The Balaban J connectivity index is 1.39. The maximum Gasteiger partial charge on any atom is 0.345 e. The van der Waals surface area contributed by atoms with E-state index < -0.39 is 22.7 Å². The third kappa shape index (κ3) is 8.15. The number of non-ortho nitro benzene ring substituents is 1. The van der Waals surface area contributed by atoms with E-state index in [1.165, 1.54) is 66.9 Å². The molecule has 0 fully saturated rings. The van der Waals surface area contributed by atoms with E-state index in [1.54, 1.807) is 31.2 Å². The standard InChI is InChI=1S/C30H22Cl2N4O7/c1-2-42-27-14-18(6-13-26(27)43-30(39)24-12-9-21(31)16-25(24)32)17-33-35-29(38)20-4-3-5-22(15-20)34-28(37)19-7-10-23(11-8-19)36(40)41/h3-17H,2H2,1H3,(H,34,37)(H,35,38). The number of hydrazone groups is 1. The predicted octanol–water partition coefficient (Wildman–Crippen LogP) is 6.54. The highest BCUT2D eigenvalue weighted by Gasteiger charge is 2.17. The molecule has 0 saturated carbocycles. The number of anilines is 1. The van der Waals surface area contributed by atoms with Crippen LogP contribution in [0.1, 0.15) is 43.6 Å². The van der Waals surface area contributed by atoms with Crippen LogP contribution in [0.15, 0.2) is 90.0 Å². The number of nitrogens with one attached hydrogen (secondary N) is 2. The van der Waals surface area contributed by atoms with E-state index in [9.17, 15) is 24.5 Å². The molecule has 2 amide bonds. The molecule has 11 nitrogen and oxygen atoms in total. The second-order valence-corrected chi connectivity index (χ2v) is 9.53. The summed E-state index contributed by atoms with van der Waals surface area (Å²) in [7, 11) is 0. The van der Waals surface area contributed by atoms with Gasteiger partial charge in [0.05, 0.1) is 28.3 Å². The first-order valence-corrected chi connectivity index (χ1v) is 13.3. The fraction of sp³-hybridized carbons (Fsp3) is 0.0667. The van der Waals surface area contributed by atoms with Crippen molar-refractivity contribution in [1.82, 2.24) is 5.43 Å². The zero-order valence-corrected chi connectivity index (χ0v) is 23.9. The first-order valence-electron chi connectivity index (χ1n) is 12.6. The molecule has 0 radical (unpaired) electrons. The molecule has 0 atom stereocenters. The number of rotatable bonds is 10. The van der Waals surface area contributed by atoms with E-state index in [4.69, 9.17) is 32.7 Å². The molecule has 0 aromatic heterocycles. The molecule has 0 aliphatic heterocycles. The van der Waals surface area contributed by atoms with Gasteiger partial charge in [0.2, 0.25) is 0 Å². The molecular formula is C30H22Cl2N4O7. The lowest BCUT2D eigenvalue weighted by molar-refractivity contribution is -0.384. The second-order valence-electron chi connectivity index (χ2n) is 8.69. The second kappa shape index (κ2) is 14.1. The van der Waals surface area contributed by atoms with Crippen LogP contribution in [0.25, 0.3) is 0 Å². The minimum Gasteiger partial charge on any atom is -0.490 e. The summed E-state index contributed by atoms with van der Waals surface area (Å²) in [5.74, 6) is -1.30. The van der Waals surface area contributed by atoms with Crippen LogP contribution in [0, 0.1) is 10.1 Å². The molecule has 4 aromatic rings. The summed E-state index contributed by atoms with van der Waals surface area (Å²) in [5, 5.41) is 18.0. The van der Waals surface area contributed by atoms with Crippen LogP contribution in [0.4, 0.5) is 11.4 Å². The molecule has 0 bridgehead atoms. The average molecular weight is 621 g/mol. The van der Waals surface area contributed by atoms with Gasteiger partial charge >= 0.3 is 5.97 Å². The Labute approximate surface area is 255 Å². The van der Waals surface area contributed by atoms with Crippen molar-refractivity contribution in [3.63, 3.8) is 0 Å². The SMILES string of the molecule is CCOc1cc(C=NNC(=O)c2cccc(NC(=O)c3ccc([N+](=O)[O-])cc3)c2)ccc1OC(=O)c1ccc(Cl)cc1Cl. The van der Waals surface area contributed by atoms with E-state index >= 15 is 0 Å². The Morgan fingerprint density at radius 3 is 2.37 bits per heavy atom. The average Bonchev–Trinajstić information content (AvgIpc) is 2.98. The summed E-state index contributed by atoms with van der Waals surface area (Å²) in [6.07, 6.45) is 1.38. The van der Waals surface area contributed by atoms with E-state index in [1.807, 2.05) is 0 Å². The van der Waals surface area contributed by atoms with Crippen LogP contribution in [0.2, 0.25) is 10.0 Å². The van der Waals surface area contributed by atoms with Gasteiger partial charge in [-0.3, -0.25) is 19.7 Å².